The summed E-state index contributed by atoms with van der Waals surface area (Å²) in [6, 6.07) is 11.7. The molecule has 1 N–H and O–H groups in total. The fourth-order valence-corrected chi connectivity index (χ4v) is 2.45. The first kappa shape index (κ1) is 12.1. The smallest absolute Gasteiger partial charge is 0.118 e. The van der Waals surface area contributed by atoms with E-state index >= 15 is 0 Å². The van der Waals surface area contributed by atoms with E-state index in [4.69, 9.17) is 4.74 Å². The van der Waals surface area contributed by atoms with Crippen molar-refractivity contribution >= 4 is 11.3 Å². The van der Waals surface area contributed by atoms with E-state index in [2.05, 4.69) is 11.4 Å². The van der Waals surface area contributed by atoms with Gasteiger partial charge in [0.2, 0.25) is 0 Å². The monoisotopic (exact) mass is 248 g/mol. The minimum absolute atomic E-state index is 0.400. The van der Waals surface area contributed by atoms with E-state index in [-0.39, 0.29) is 0 Å². The number of aliphatic hydroxyl groups excluding tert-OH is 1. The number of hydrogen-bond acceptors (Lipinski definition) is 3. The van der Waals surface area contributed by atoms with Crippen molar-refractivity contribution in [2.45, 2.75) is 18.9 Å². The third-order valence-corrected chi connectivity index (χ3v) is 3.68. The van der Waals surface area contributed by atoms with Crippen LogP contribution in [0.1, 0.15) is 23.0 Å². The molecule has 1 aromatic carbocycles. The Labute approximate surface area is 105 Å². The van der Waals surface area contributed by atoms with Gasteiger partial charge in [-0.3, -0.25) is 0 Å². The van der Waals surface area contributed by atoms with E-state index in [1.807, 2.05) is 30.3 Å². The summed E-state index contributed by atoms with van der Waals surface area (Å²) in [6.07, 6.45) is 1.28. The third-order valence-electron chi connectivity index (χ3n) is 2.74. The van der Waals surface area contributed by atoms with Crippen molar-refractivity contribution in [2.24, 2.45) is 0 Å². The van der Waals surface area contributed by atoms with E-state index in [0.29, 0.717) is 0 Å². The van der Waals surface area contributed by atoms with Crippen LogP contribution in [0.2, 0.25) is 0 Å². The Bertz CT molecular complexity index is 434. The quantitative estimate of drug-likeness (QED) is 0.878. The molecule has 0 radical (unpaired) electrons. The van der Waals surface area contributed by atoms with Crippen LogP contribution in [-0.2, 0) is 6.42 Å². The number of aryl methyl sites for hydroxylation is 1. The summed E-state index contributed by atoms with van der Waals surface area (Å²) in [5.41, 5.74) is 0.947. The van der Waals surface area contributed by atoms with Gasteiger partial charge in [0.1, 0.15) is 5.75 Å². The van der Waals surface area contributed by atoms with E-state index in [1.165, 1.54) is 4.88 Å². The molecular formula is C14H16O2S. The van der Waals surface area contributed by atoms with Gasteiger partial charge in [-0.25, -0.2) is 0 Å². The minimum Gasteiger partial charge on any atom is -0.497 e. The highest BCUT2D eigenvalue weighted by Gasteiger charge is 2.08. The summed E-state index contributed by atoms with van der Waals surface area (Å²) in [5, 5.41) is 12.1. The molecule has 0 bridgehead atoms. The van der Waals surface area contributed by atoms with Gasteiger partial charge in [-0.2, -0.15) is 0 Å². The second kappa shape index (κ2) is 5.84. The molecule has 1 unspecified atom stereocenters. The molecule has 0 aliphatic carbocycles. The maximum atomic E-state index is 10.0. The molecule has 1 aromatic heterocycles. The summed E-state index contributed by atoms with van der Waals surface area (Å²) in [6.45, 7) is 0. The van der Waals surface area contributed by atoms with E-state index in [9.17, 15) is 5.11 Å². The Balaban J connectivity index is 1.92. The van der Waals surface area contributed by atoms with Crippen molar-refractivity contribution in [1.29, 1.82) is 0 Å². The zero-order valence-electron chi connectivity index (χ0n) is 9.80. The van der Waals surface area contributed by atoms with Gasteiger partial charge >= 0.3 is 0 Å². The fraction of sp³-hybridized carbons (Fsp3) is 0.286. The second-order valence-electron chi connectivity index (χ2n) is 3.91. The zero-order valence-corrected chi connectivity index (χ0v) is 10.6. The predicted molar refractivity (Wildman–Crippen MR) is 70.6 cm³/mol. The fourth-order valence-electron chi connectivity index (χ4n) is 1.73. The highest BCUT2D eigenvalue weighted by molar-refractivity contribution is 7.09. The average molecular weight is 248 g/mol. The first-order valence-corrected chi connectivity index (χ1v) is 6.52. The van der Waals surface area contributed by atoms with Crippen LogP contribution in [0.4, 0.5) is 0 Å². The van der Waals surface area contributed by atoms with Gasteiger partial charge in [0.05, 0.1) is 13.2 Å². The summed E-state index contributed by atoms with van der Waals surface area (Å²) in [7, 11) is 1.64. The van der Waals surface area contributed by atoms with Gasteiger partial charge in [0.25, 0.3) is 0 Å². The molecule has 2 aromatic rings. The molecule has 3 heteroatoms. The number of aliphatic hydroxyl groups is 1. The topological polar surface area (TPSA) is 29.5 Å². The van der Waals surface area contributed by atoms with Crippen molar-refractivity contribution in [3.05, 3.63) is 52.2 Å². The number of benzene rings is 1. The zero-order chi connectivity index (χ0) is 12.1. The lowest BCUT2D eigenvalue weighted by molar-refractivity contribution is 0.168. The number of hydrogen-bond donors (Lipinski definition) is 1. The maximum absolute atomic E-state index is 10.0. The standard InChI is InChI=1S/C14H16O2S/c1-16-12-6-4-11(5-7-12)14(15)9-8-13-3-2-10-17-13/h2-7,10,14-15H,8-9H2,1H3. The van der Waals surface area contributed by atoms with Crippen LogP contribution in [0.5, 0.6) is 5.75 Å². The van der Waals surface area contributed by atoms with Crippen LogP contribution in [-0.4, -0.2) is 12.2 Å². The summed E-state index contributed by atoms with van der Waals surface area (Å²) < 4.78 is 5.09. The molecule has 0 fully saturated rings. The predicted octanol–water partition coefficient (Wildman–Crippen LogP) is 3.42. The molecule has 0 saturated heterocycles. The lowest BCUT2D eigenvalue weighted by atomic mass is 10.0. The lowest BCUT2D eigenvalue weighted by Crippen LogP contribution is -1.98. The Kier molecular flexibility index (Phi) is 4.18. The SMILES string of the molecule is COc1ccc(C(O)CCc2cccs2)cc1. The van der Waals surface area contributed by atoms with Crippen molar-refractivity contribution in [3.63, 3.8) is 0 Å². The van der Waals surface area contributed by atoms with E-state index < -0.39 is 6.10 Å². The van der Waals surface area contributed by atoms with Gasteiger partial charge in [-0.05, 0) is 42.0 Å². The second-order valence-corrected chi connectivity index (χ2v) is 4.94. The molecule has 90 valence electrons. The number of rotatable bonds is 5. The molecule has 0 saturated carbocycles. The van der Waals surface area contributed by atoms with Crippen LogP contribution >= 0.6 is 11.3 Å². The molecular weight excluding hydrogens is 232 g/mol. The first-order chi connectivity index (χ1) is 8.29. The van der Waals surface area contributed by atoms with Gasteiger partial charge in [-0.1, -0.05) is 18.2 Å². The highest BCUT2D eigenvalue weighted by atomic mass is 32.1. The molecule has 17 heavy (non-hydrogen) atoms. The molecule has 2 nitrogen and oxygen atoms in total. The van der Waals surface area contributed by atoms with Crippen LogP contribution in [0.3, 0.4) is 0 Å². The number of methoxy groups -OCH3 is 1. The van der Waals surface area contributed by atoms with Crippen molar-refractivity contribution in [3.8, 4) is 5.75 Å². The number of thiophene rings is 1. The van der Waals surface area contributed by atoms with Crippen LogP contribution in [0, 0.1) is 0 Å². The Morgan fingerprint density at radius 2 is 2.00 bits per heavy atom. The van der Waals surface area contributed by atoms with Crippen molar-refractivity contribution in [1.82, 2.24) is 0 Å². The molecule has 0 amide bonds. The molecule has 0 aliphatic heterocycles. The summed E-state index contributed by atoms with van der Waals surface area (Å²) in [4.78, 5) is 1.32. The van der Waals surface area contributed by atoms with Crippen LogP contribution in [0.25, 0.3) is 0 Å². The average Bonchev–Trinajstić information content (AvgIpc) is 2.89. The number of ether oxygens (including phenoxy) is 1. The van der Waals surface area contributed by atoms with Crippen molar-refractivity contribution < 1.29 is 9.84 Å². The third kappa shape index (κ3) is 3.32. The maximum Gasteiger partial charge on any atom is 0.118 e. The van der Waals surface area contributed by atoms with Gasteiger partial charge in [0.15, 0.2) is 0 Å². The summed E-state index contributed by atoms with van der Waals surface area (Å²) in [5.74, 6) is 0.819. The molecule has 0 aliphatic rings. The van der Waals surface area contributed by atoms with E-state index in [1.54, 1.807) is 18.4 Å². The van der Waals surface area contributed by atoms with E-state index in [0.717, 1.165) is 24.2 Å². The van der Waals surface area contributed by atoms with Gasteiger partial charge in [-0.15, -0.1) is 11.3 Å². The van der Waals surface area contributed by atoms with Gasteiger partial charge in [0, 0.05) is 4.88 Å². The van der Waals surface area contributed by atoms with Crippen LogP contribution in [0.15, 0.2) is 41.8 Å². The molecule has 1 heterocycles. The summed E-state index contributed by atoms with van der Waals surface area (Å²) >= 11 is 1.74. The lowest BCUT2D eigenvalue weighted by Gasteiger charge is -2.10. The Morgan fingerprint density at radius 3 is 2.59 bits per heavy atom. The Hall–Kier alpha value is -1.32. The molecule has 1 atom stereocenters. The minimum atomic E-state index is -0.400. The Morgan fingerprint density at radius 1 is 1.24 bits per heavy atom. The molecule has 2 rings (SSSR count). The first-order valence-electron chi connectivity index (χ1n) is 5.64. The molecule has 0 spiro atoms. The van der Waals surface area contributed by atoms with Gasteiger partial charge < -0.3 is 9.84 Å². The highest BCUT2D eigenvalue weighted by Crippen LogP contribution is 2.22. The largest absolute Gasteiger partial charge is 0.497 e. The van der Waals surface area contributed by atoms with Crippen LogP contribution < -0.4 is 4.74 Å². The normalized spacial score (nSPS) is 12.4. The van der Waals surface area contributed by atoms with Crippen molar-refractivity contribution in [2.75, 3.05) is 7.11 Å².